The zero-order chi connectivity index (χ0) is 15.9. The van der Waals surface area contributed by atoms with Gasteiger partial charge in [-0.2, -0.15) is 0 Å². The van der Waals surface area contributed by atoms with Crippen LogP contribution in [-0.2, 0) is 17.0 Å². The van der Waals surface area contributed by atoms with Crippen LogP contribution >= 0.6 is 11.8 Å². The second-order valence-corrected chi connectivity index (χ2v) is 6.01. The van der Waals surface area contributed by atoms with Gasteiger partial charge in [-0.15, -0.1) is 11.8 Å². The third kappa shape index (κ3) is 4.87. The molecule has 0 saturated heterocycles. The molecule has 22 heavy (non-hydrogen) atoms. The average molecular weight is 322 g/mol. The molecule has 0 unspecified atom stereocenters. The van der Waals surface area contributed by atoms with Gasteiger partial charge in [-0.1, -0.05) is 17.3 Å². The van der Waals surface area contributed by atoms with Crippen LogP contribution in [0.15, 0.2) is 28.8 Å². The van der Waals surface area contributed by atoms with Crippen molar-refractivity contribution in [3.05, 3.63) is 52.7 Å². The van der Waals surface area contributed by atoms with Crippen LogP contribution in [0.2, 0.25) is 0 Å². The summed E-state index contributed by atoms with van der Waals surface area (Å²) in [5.41, 5.74) is 2.94. The van der Waals surface area contributed by atoms with Gasteiger partial charge in [-0.05, 0) is 38.0 Å². The number of carbonyl (C=O) groups is 1. The predicted molar refractivity (Wildman–Crippen MR) is 85.3 cm³/mol. The number of amides is 1. The minimum absolute atomic E-state index is 0.00104. The fourth-order valence-electron chi connectivity index (χ4n) is 2.00. The highest BCUT2D eigenvalue weighted by molar-refractivity contribution is 7.99. The summed E-state index contributed by atoms with van der Waals surface area (Å²) >= 11 is 1.53. The molecule has 6 heteroatoms. The number of carbonyl (C=O) groups excluding carboxylic acids is 1. The monoisotopic (exact) mass is 322 g/mol. The van der Waals surface area contributed by atoms with Crippen molar-refractivity contribution in [3.63, 3.8) is 0 Å². The molecule has 0 saturated carbocycles. The van der Waals surface area contributed by atoms with Crippen molar-refractivity contribution in [2.45, 2.75) is 26.0 Å². The molecule has 0 fully saturated rings. The molecule has 1 heterocycles. The second kappa shape index (κ2) is 7.98. The van der Waals surface area contributed by atoms with Gasteiger partial charge in [0.15, 0.2) is 0 Å². The fourth-order valence-corrected chi connectivity index (χ4v) is 3.01. The van der Waals surface area contributed by atoms with E-state index in [2.05, 4.69) is 10.5 Å². The summed E-state index contributed by atoms with van der Waals surface area (Å²) in [5, 5.41) is 6.75. The molecular weight excluding hydrogens is 303 g/mol. The van der Waals surface area contributed by atoms with E-state index < -0.39 is 0 Å². The van der Waals surface area contributed by atoms with E-state index in [1.807, 2.05) is 13.8 Å². The van der Waals surface area contributed by atoms with Gasteiger partial charge in [-0.3, -0.25) is 4.79 Å². The number of nitrogens with one attached hydrogen (secondary N) is 1. The first-order chi connectivity index (χ1) is 10.6. The lowest BCUT2D eigenvalue weighted by molar-refractivity contribution is -0.118. The minimum atomic E-state index is -0.247. The van der Waals surface area contributed by atoms with Crippen molar-refractivity contribution in [1.29, 1.82) is 0 Å². The Morgan fingerprint density at radius 3 is 2.68 bits per heavy atom. The zero-order valence-corrected chi connectivity index (χ0v) is 13.5. The van der Waals surface area contributed by atoms with Gasteiger partial charge in [0.2, 0.25) is 5.91 Å². The van der Waals surface area contributed by atoms with E-state index in [1.165, 1.54) is 23.9 Å². The molecule has 4 nitrogen and oxygen atoms in total. The Bertz CT molecular complexity index is 606. The van der Waals surface area contributed by atoms with Crippen LogP contribution < -0.4 is 5.32 Å². The number of thioether (sulfide) groups is 1. The molecule has 0 radical (unpaired) electrons. The molecule has 0 spiro atoms. The Morgan fingerprint density at radius 2 is 2.05 bits per heavy atom. The standard InChI is InChI=1S/C16H19FN2O2S/c1-11-15(12(2)21-19-11)9-22-10-16(20)18-8-7-13-3-5-14(17)6-4-13/h3-6H,7-10H2,1-2H3,(H,18,20). The minimum Gasteiger partial charge on any atom is -0.361 e. The summed E-state index contributed by atoms with van der Waals surface area (Å²) in [5.74, 6) is 1.67. The molecule has 0 aliphatic heterocycles. The van der Waals surface area contributed by atoms with Gasteiger partial charge in [0, 0.05) is 17.9 Å². The number of benzene rings is 1. The van der Waals surface area contributed by atoms with Crippen LogP contribution in [0.5, 0.6) is 0 Å². The summed E-state index contributed by atoms with van der Waals surface area (Å²) in [7, 11) is 0. The van der Waals surface area contributed by atoms with Crippen LogP contribution in [0.25, 0.3) is 0 Å². The molecule has 0 atom stereocenters. The normalized spacial score (nSPS) is 10.7. The van der Waals surface area contributed by atoms with E-state index in [4.69, 9.17) is 4.52 Å². The molecule has 0 bridgehead atoms. The Hall–Kier alpha value is -1.82. The highest BCUT2D eigenvalue weighted by Crippen LogP contribution is 2.19. The largest absolute Gasteiger partial charge is 0.361 e. The summed E-state index contributed by atoms with van der Waals surface area (Å²) in [6.45, 7) is 4.32. The summed E-state index contributed by atoms with van der Waals surface area (Å²) in [4.78, 5) is 11.8. The quantitative estimate of drug-likeness (QED) is 0.851. The summed E-state index contributed by atoms with van der Waals surface area (Å²) in [6.07, 6.45) is 0.695. The molecule has 1 N–H and O–H groups in total. The SMILES string of the molecule is Cc1noc(C)c1CSCC(=O)NCCc1ccc(F)cc1. The van der Waals surface area contributed by atoms with Gasteiger partial charge in [-0.25, -0.2) is 4.39 Å². The highest BCUT2D eigenvalue weighted by atomic mass is 32.2. The van der Waals surface area contributed by atoms with Gasteiger partial charge >= 0.3 is 0 Å². The lowest BCUT2D eigenvalue weighted by atomic mass is 10.1. The lowest BCUT2D eigenvalue weighted by Gasteiger charge is -2.05. The number of aryl methyl sites for hydroxylation is 2. The Balaban J connectivity index is 1.65. The molecular formula is C16H19FN2O2S. The maximum Gasteiger partial charge on any atom is 0.230 e. The van der Waals surface area contributed by atoms with Crippen molar-refractivity contribution in [3.8, 4) is 0 Å². The summed E-state index contributed by atoms with van der Waals surface area (Å²) in [6, 6.07) is 6.31. The number of rotatable bonds is 7. The number of aromatic nitrogens is 1. The second-order valence-electron chi connectivity index (χ2n) is 5.02. The van der Waals surface area contributed by atoms with Crippen LogP contribution in [0.4, 0.5) is 4.39 Å². The van der Waals surface area contributed by atoms with E-state index in [-0.39, 0.29) is 11.7 Å². The molecule has 0 aliphatic rings. The smallest absolute Gasteiger partial charge is 0.230 e. The molecule has 1 aromatic heterocycles. The van der Waals surface area contributed by atoms with Gasteiger partial charge in [0.05, 0.1) is 11.4 Å². The first-order valence-electron chi connectivity index (χ1n) is 7.07. The molecule has 118 valence electrons. The van der Waals surface area contributed by atoms with Gasteiger partial charge in [0.1, 0.15) is 11.6 Å². The van der Waals surface area contributed by atoms with Gasteiger partial charge < -0.3 is 9.84 Å². The van der Waals surface area contributed by atoms with Crippen LogP contribution in [0.3, 0.4) is 0 Å². The third-order valence-electron chi connectivity index (χ3n) is 3.31. The topological polar surface area (TPSA) is 55.1 Å². The molecule has 1 amide bonds. The van der Waals surface area contributed by atoms with Crippen molar-refractivity contribution in [1.82, 2.24) is 10.5 Å². The Labute approximate surface area is 133 Å². The van der Waals surface area contributed by atoms with Crippen LogP contribution in [-0.4, -0.2) is 23.4 Å². The highest BCUT2D eigenvalue weighted by Gasteiger charge is 2.09. The summed E-state index contributed by atoms with van der Waals surface area (Å²) < 4.78 is 17.9. The van der Waals surface area contributed by atoms with Crippen molar-refractivity contribution in [2.24, 2.45) is 0 Å². The fraction of sp³-hybridized carbons (Fsp3) is 0.375. The zero-order valence-electron chi connectivity index (χ0n) is 12.7. The predicted octanol–water partition coefficient (Wildman–Crippen LogP) is 3.02. The molecule has 0 aliphatic carbocycles. The molecule has 1 aromatic carbocycles. The first-order valence-corrected chi connectivity index (χ1v) is 8.22. The van der Waals surface area contributed by atoms with Crippen LogP contribution in [0, 0.1) is 19.7 Å². The van der Waals surface area contributed by atoms with E-state index in [1.54, 1.807) is 12.1 Å². The number of hydrogen-bond donors (Lipinski definition) is 1. The van der Waals surface area contributed by atoms with Crippen LogP contribution in [0.1, 0.15) is 22.6 Å². The Kier molecular flexibility index (Phi) is 6.00. The molecule has 2 aromatic rings. The van der Waals surface area contributed by atoms with Crippen molar-refractivity contribution in [2.75, 3.05) is 12.3 Å². The third-order valence-corrected chi connectivity index (χ3v) is 4.27. The van der Waals surface area contributed by atoms with Crippen molar-refractivity contribution >= 4 is 17.7 Å². The number of hydrogen-bond acceptors (Lipinski definition) is 4. The van der Waals surface area contributed by atoms with E-state index >= 15 is 0 Å². The number of nitrogens with zero attached hydrogens (tertiary/aromatic N) is 1. The van der Waals surface area contributed by atoms with Crippen molar-refractivity contribution < 1.29 is 13.7 Å². The lowest BCUT2D eigenvalue weighted by Crippen LogP contribution is -2.27. The maximum absolute atomic E-state index is 12.8. The Morgan fingerprint density at radius 1 is 1.32 bits per heavy atom. The number of halogens is 1. The van der Waals surface area contributed by atoms with E-state index in [0.717, 1.165) is 22.6 Å². The van der Waals surface area contributed by atoms with E-state index in [9.17, 15) is 9.18 Å². The molecule has 2 rings (SSSR count). The maximum atomic E-state index is 12.8. The van der Waals surface area contributed by atoms with Gasteiger partial charge in [0.25, 0.3) is 0 Å². The first kappa shape index (κ1) is 16.5. The van der Waals surface area contributed by atoms with E-state index in [0.29, 0.717) is 24.5 Å². The average Bonchev–Trinajstić information content (AvgIpc) is 2.81.